The summed E-state index contributed by atoms with van der Waals surface area (Å²) in [6, 6.07) is 9.76. The van der Waals surface area contributed by atoms with E-state index < -0.39 is 0 Å². The fourth-order valence-electron chi connectivity index (χ4n) is 1.59. The summed E-state index contributed by atoms with van der Waals surface area (Å²) in [5, 5.41) is 3.05. The molecule has 0 fully saturated rings. The number of aryl methyl sites for hydroxylation is 1. The average molecular weight is 243 g/mol. The molecule has 2 aromatic rings. The predicted octanol–water partition coefficient (Wildman–Crippen LogP) is 3.26. The third-order valence-corrected chi connectivity index (χ3v) is 2.49. The molecule has 1 heterocycles. The van der Waals surface area contributed by atoms with E-state index in [9.17, 15) is 0 Å². The zero-order valence-corrected chi connectivity index (χ0v) is 10.7. The highest BCUT2D eigenvalue weighted by Gasteiger charge is 2.01. The van der Waals surface area contributed by atoms with Crippen LogP contribution in [-0.2, 0) is 6.42 Å². The van der Waals surface area contributed by atoms with Gasteiger partial charge in [0, 0.05) is 18.8 Å². The van der Waals surface area contributed by atoms with Crippen molar-refractivity contribution in [2.24, 2.45) is 0 Å². The topological polar surface area (TPSA) is 47.0 Å². The zero-order chi connectivity index (χ0) is 12.8. The molecule has 1 aromatic heterocycles. The molecule has 4 nitrogen and oxygen atoms in total. The summed E-state index contributed by atoms with van der Waals surface area (Å²) in [5.74, 6) is 1.94. The van der Waals surface area contributed by atoms with Crippen LogP contribution < -0.4 is 10.1 Å². The fraction of sp³-hybridized carbons (Fsp3) is 0.286. The van der Waals surface area contributed by atoms with Gasteiger partial charge < -0.3 is 10.1 Å². The lowest BCUT2D eigenvalue weighted by molar-refractivity contribution is 0.462. The number of hydrogen-bond acceptors (Lipinski definition) is 4. The van der Waals surface area contributed by atoms with Crippen molar-refractivity contribution in [3.8, 4) is 11.6 Å². The van der Waals surface area contributed by atoms with Crippen LogP contribution in [0.5, 0.6) is 11.6 Å². The van der Waals surface area contributed by atoms with Gasteiger partial charge in [0.2, 0.25) is 11.8 Å². The molecule has 0 aliphatic carbocycles. The lowest BCUT2D eigenvalue weighted by Crippen LogP contribution is -2.02. The third-order valence-electron chi connectivity index (χ3n) is 2.49. The molecule has 1 aromatic carbocycles. The molecule has 0 aliphatic rings. The van der Waals surface area contributed by atoms with Gasteiger partial charge in [0.1, 0.15) is 5.75 Å². The number of benzene rings is 1. The highest BCUT2D eigenvalue weighted by atomic mass is 16.5. The first-order chi connectivity index (χ1) is 8.81. The molecule has 4 heteroatoms. The Kier molecular flexibility index (Phi) is 4.12. The van der Waals surface area contributed by atoms with E-state index in [-0.39, 0.29) is 0 Å². The Morgan fingerprint density at radius 1 is 1.22 bits per heavy atom. The number of nitrogens with zero attached hydrogens (tertiary/aromatic N) is 2. The van der Waals surface area contributed by atoms with Crippen molar-refractivity contribution >= 4 is 5.95 Å². The van der Waals surface area contributed by atoms with Gasteiger partial charge in [-0.15, -0.1) is 0 Å². The summed E-state index contributed by atoms with van der Waals surface area (Å²) in [6.45, 7) is 4.91. The second-order valence-electron chi connectivity index (χ2n) is 3.85. The van der Waals surface area contributed by atoms with E-state index in [1.54, 1.807) is 12.3 Å². The zero-order valence-electron chi connectivity index (χ0n) is 10.7. The van der Waals surface area contributed by atoms with Crippen LogP contribution in [0.25, 0.3) is 0 Å². The summed E-state index contributed by atoms with van der Waals surface area (Å²) in [7, 11) is 0. The van der Waals surface area contributed by atoms with Gasteiger partial charge in [0.15, 0.2) is 0 Å². The number of aromatic nitrogens is 2. The van der Waals surface area contributed by atoms with Crippen molar-refractivity contribution in [1.29, 1.82) is 0 Å². The molecule has 0 bridgehead atoms. The highest BCUT2D eigenvalue weighted by Crippen LogP contribution is 2.21. The summed E-state index contributed by atoms with van der Waals surface area (Å²) in [5.41, 5.74) is 1.24. The van der Waals surface area contributed by atoms with E-state index in [0.717, 1.165) is 18.7 Å². The van der Waals surface area contributed by atoms with Crippen LogP contribution in [-0.4, -0.2) is 16.5 Å². The average Bonchev–Trinajstić information content (AvgIpc) is 2.40. The third kappa shape index (κ3) is 3.20. The number of hydrogen-bond donors (Lipinski definition) is 1. The van der Waals surface area contributed by atoms with E-state index in [2.05, 4.69) is 28.3 Å². The van der Waals surface area contributed by atoms with Crippen molar-refractivity contribution in [3.63, 3.8) is 0 Å². The molecule has 0 atom stereocenters. The second kappa shape index (κ2) is 6.00. The van der Waals surface area contributed by atoms with Crippen LogP contribution in [0.2, 0.25) is 0 Å². The minimum Gasteiger partial charge on any atom is -0.439 e. The Morgan fingerprint density at radius 2 is 2.11 bits per heavy atom. The molecule has 0 spiro atoms. The highest BCUT2D eigenvalue weighted by molar-refractivity contribution is 5.33. The molecule has 2 rings (SSSR count). The minimum absolute atomic E-state index is 0.550. The van der Waals surface area contributed by atoms with Crippen molar-refractivity contribution in [2.75, 3.05) is 11.9 Å². The predicted molar refractivity (Wildman–Crippen MR) is 72.1 cm³/mol. The Balaban J connectivity index is 2.14. The van der Waals surface area contributed by atoms with Crippen LogP contribution in [0.3, 0.4) is 0 Å². The van der Waals surface area contributed by atoms with E-state index in [4.69, 9.17) is 4.74 Å². The lowest BCUT2D eigenvalue weighted by Gasteiger charge is -2.07. The summed E-state index contributed by atoms with van der Waals surface area (Å²) >= 11 is 0. The first kappa shape index (κ1) is 12.4. The molecule has 18 heavy (non-hydrogen) atoms. The second-order valence-corrected chi connectivity index (χ2v) is 3.85. The van der Waals surface area contributed by atoms with Crippen molar-refractivity contribution in [2.45, 2.75) is 20.3 Å². The SMILES string of the molecule is CCNc1nccc(Oc2cccc(CC)c2)n1. The maximum atomic E-state index is 5.72. The van der Waals surface area contributed by atoms with Gasteiger partial charge in [-0.25, -0.2) is 4.98 Å². The van der Waals surface area contributed by atoms with Gasteiger partial charge in [-0.1, -0.05) is 19.1 Å². The van der Waals surface area contributed by atoms with Crippen molar-refractivity contribution in [3.05, 3.63) is 42.1 Å². The molecule has 0 radical (unpaired) electrons. The smallest absolute Gasteiger partial charge is 0.225 e. The van der Waals surface area contributed by atoms with Crippen LogP contribution in [0.15, 0.2) is 36.5 Å². The molecule has 1 N–H and O–H groups in total. The van der Waals surface area contributed by atoms with Gasteiger partial charge in [0.25, 0.3) is 0 Å². The largest absolute Gasteiger partial charge is 0.439 e. The van der Waals surface area contributed by atoms with Gasteiger partial charge in [-0.05, 0) is 31.0 Å². The monoisotopic (exact) mass is 243 g/mol. The van der Waals surface area contributed by atoms with Crippen molar-refractivity contribution < 1.29 is 4.74 Å². The number of nitrogens with one attached hydrogen (secondary N) is 1. The Hall–Kier alpha value is -2.10. The minimum atomic E-state index is 0.550. The fourth-order valence-corrected chi connectivity index (χ4v) is 1.59. The first-order valence-corrected chi connectivity index (χ1v) is 6.15. The van der Waals surface area contributed by atoms with E-state index in [1.807, 2.05) is 25.1 Å². The van der Waals surface area contributed by atoms with E-state index >= 15 is 0 Å². The number of anilines is 1. The summed E-state index contributed by atoms with van der Waals surface area (Å²) in [6.07, 6.45) is 2.67. The number of ether oxygens (including phenoxy) is 1. The van der Waals surface area contributed by atoms with Gasteiger partial charge in [-0.3, -0.25) is 0 Å². The van der Waals surface area contributed by atoms with Gasteiger partial charge in [-0.2, -0.15) is 4.98 Å². The van der Waals surface area contributed by atoms with Crippen LogP contribution in [0, 0.1) is 0 Å². The summed E-state index contributed by atoms with van der Waals surface area (Å²) in [4.78, 5) is 8.37. The molecule has 94 valence electrons. The standard InChI is InChI=1S/C14H17N3O/c1-3-11-6-5-7-12(10-11)18-13-8-9-16-14(17-13)15-4-2/h5-10H,3-4H2,1-2H3,(H,15,16,17). The summed E-state index contributed by atoms with van der Waals surface area (Å²) < 4.78 is 5.72. The maximum Gasteiger partial charge on any atom is 0.225 e. The maximum absolute atomic E-state index is 5.72. The molecule has 0 saturated heterocycles. The van der Waals surface area contributed by atoms with Gasteiger partial charge in [0.05, 0.1) is 0 Å². The molecular formula is C14H17N3O. The Bertz CT molecular complexity index is 514. The normalized spacial score (nSPS) is 10.1. The Labute approximate surface area is 107 Å². The molecule has 0 saturated carbocycles. The van der Waals surface area contributed by atoms with Gasteiger partial charge >= 0.3 is 0 Å². The molecular weight excluding hydrogens is 226 g/mol. The lowest BCUT2D eigenvalue weighted by atomic mass is 10.2. The van der Waals surface area contributed by atoms with Crippen molar-refractivity contribution in [1.82, 2.24) is 9.97 Å². The van der Waals surface area contributed by atoms with E-state index in [0.29, 0.717) is 11.8 Å². The number of rotatable bonds is 5. The van der Waals surface area contributed by atoms with Crippen LogP contribution >= 0.6 is 0 Å². The molecule has 0 amide bonds. The molecule has 0 unspecified atom stereocenters. The first-order valence-electron chi connectivity index (χ1n) is 6.15. The van der Waals surface area contributed by atoms with E-state index in [1.165, 1.54) is 5.56 Å². The van der Waals surface area contributed by atoms with Crippen LogP contribution in [0.1, 0.15) is 19.4 Å². The Morgan fingerprint density at radius 3 is 2.89 bits per heavy atom. The quantitative estimate of drug-likeness (QED) is 0.875. The molecule has 0 aliphatic heterocycles. The van der Waals surface area contributed by atoms with Crippen LogP contribution in [0.4, 0.5) is 5.95 Å².